The van der Waals surface area contributed by atoms with Crippen LogP contribution in [0.25, 0.3) is 0 Å². The predicted molar refractivity (Wildman–Crippen MR) is 70.1 cm³/mol. The van der Waals surface area contributed by atoms with Crippen molar-refractivity contribution >= 4 is 11.9 Å². The van der Waals surface area contributed by atoms with Crippen molar-refractivity contribution in [3.8, 4) is 0 Å². The number of amides is 1. The maximum absolute atomic E-state index is 12.5. The molecule has 2 atom stereocenters. The van der Waals surface area contributed by atoms with Gasteiger partial charge in [0, 0.05) is 12.1 Å². The van der Waals surface area contributed by atoms with Crippen LogP contribution >= 0.6 is 0 Å². The summed E-state index contributed by atoms with van der Waals surface area (Å²) in [4.78, 5) is 25.5. The number of nitrogens with zero attached hydrogens (tertiary/aromatic N) is 1. The van der Waals surface area contributed by atoms with Gasteiger partial charge in [0.1, 0.15) is 0 Å². The van der Waals surface area contributed by atoms with E-state index < -0.39 is 17.8 Å². The second-order valence-electron chi connectivity index (χ2n) is 5.43. The fourth-order valence-corrected chi connectivity index (χ4v) is 2.66. The molecular weight excluding hydrogens is 230 g/mol. The van der Waals surface area contributed by atoms with E-state index in [1.54, 1.807) is 4.90 Å². The number of hydrogen-bond donors (Lipinski definition) is 1. The molecule has 0 aromatic heterocycles. The maximum atomic E-state index is 12.5. The van der Waals surface area contributed by atoms with E-state index in [1.807, 2.05) is 39.8 Å². The highest BCUT2D eigenvalue weighted by atomic mass is 16.4. The van der Waals surface area contributed by atoms with Crippen LogP contribution in [-0.2, 0) is 9.59 Å². The van der Waals surface area contributed by atoms with Crippen LogP contribution in [0, 0.1) is 11.8 Å². The van der Waals surface area contributed by atoms with Gasteiger partial charge in [0.05, 0.1) is 11.8 Å². The Balaban J connectivity index is 2.92. The molecule has 102 valence electrons. The first kappa shape index (κ1) is 14.7. The number of rotatable bonds is 4. The SMILES string of the molecule is CC(C)N(C(=O)C1CC=CCC1C(=O)O)C(C)C. The van der Waals surface area contributed by atoms with Crippen LogP contribution in [0.15, 0.2) is 12.2 Å². The Hall–Kier alpha value is -1.32. The highest BCUT2D eigenvalue weighted by molar-refractivity contribution is 5.85. The van der Waals surface area contributed by atoms with Crippen LogP contribution in [-0.4, -0.2) is 34.0 Å². The molecule has 1 aliphatic carbocycles. The van der Waals surface area contributed by atoms with Gasteiger partial charge in [-0.05, 0) is 40.5 Å². The summed E-state index contributed by atoms with van der Waals surface area (Å²) in [5.74, 6) is -1.90. The van der Waals surface area contributed by atoms with Crippen LogP contribution in [0.2, 0.25) is 0 Å². The minimum Gasteiger partial charge on any atom is -0.481 e. The van der Waals surface area contributed by atoms with Crippen molar-refractivity contribution in [2.24, 2.45) is 11.8 Å². The van der Waals surface area contributed by atoms with Gasteiger partial charge in [0.15, 0.2) is 0 Å². The van der Waals surface area contributed by atoms with Gasteiger partial charge in [-0.3, -0.25) is 9.59 Å². The normalized spacial score (nSPS) is 23.4. The van der Waals surface area contributed by atoms with Crippen LogP contribution < -0.4 is 0 Å². The molecule has 0 saturated heterocycles. The smallest absolute Gasteiger partial charge is 0.307 e. The van der Waals surface area contributed by atoms with Gasteiger partial charge in [-0.15, -0.1) is 0 Å². The quantitative estimate of drug-likeness (QED) is 0.782. The molecule has 0 aliphatic heterocycles. The molecule has 4 nitrogen and oxygen atoms in total. The van der Waals surface area contributed by atoms with E-state index in [0.717, 1.165) is 0 Å². The lowest BCUT2D eigenvalue weighted by atomic mass is 9.81. The molecule has 1 N–H and O–H groups in total. The molecule has 18 heavy (non-hydrogen) atoms. The molecular formula is C14H23NO3. The highest BCUT2D eigenvalue weighted by Crippen LogP contribution is 2.29. The Morgan fingerprint density at radius 3 is 1.89 bits per heavy atom. The van der Waals surface area contributed by atoms with Crippen molar-refractivity contribution in [2.75, 3.05) is 0 Å². The molecule has 2 unspecified atom stereocenters. The van der Waals surface area contributed by atoms with Crippen molar-refractivity contribution in [1.82, 2.24) is 4.90 Å². The first-order chi connectivity index (χ1) is 8.36. The first-order valence-electron chi connectivity index (χ1n) is 6.56. The van der Waals surface area contributed by atoms with Crippen molar-refractivity contribution < 1.29 is 14.7 Å². The van der Waals surface area contributed by atoms with Crippen molar-refractivity contribution in [3.05, 3.63) is 12.2 Å². The largest absolute Gasteiger partial charge is 0.481 e. The van der Waals surface area contributed by atoms with E-state index in [4.69, 9.17) is 0 Å². The van der Waals surface area contributed by atoms with Gasteiger partial charge in [0.25, 0.3) is 0 Å². The molecule has 0 fully saturated rings. The number of carboxylic acids is 1. The molecule has 1 rings (SSSR count). The molecule has 1 amide bonds. The summed E-state index contributed by atoms with van der Waals surface area (Å²) >= 11 is 0. The Bertz CT molecular complexity index is 339. The molecule has 0 spiro atoms. The van der Waals surface area contributed by atoms with E-state index in [-0.39, 0.29) is 18.0 Å². The van der Waals surface area contributed by atoms with Crippen LogP contribution in [0.4, 0.5) is 0 Å². The van der Waals surface area contributed by atoms with Crippen LogP contribution in [0.1, 0.15) is 40.5 Å². The molecule has 1 aliphatic rings. The van der Waals surface area contributed by atoms with Crippen molar-refractivity contribution in [3.63, 3.8) is 0 Å². The van der Waals surface area contributed by atoms with E-state index >= 15 is 0 Å². The van der Waals surface area contributed by atoms with Gasteiger partial charge in [-0.25, -0.2) is 0 Å². The molecule has 0 radical (unpaired) electrons. The van der Waals surface area contributed by atoms with E-state index in [0.29, 0.717) is 12.8 Å². The topological polar surface area (TPSA) is 57.6 Å². The Morgan fingerprint density at radius 2 is 1.50 bits per heavy atom. The molecule has 0 heterocycles. The number of carbonyl (C=O) groups excluding carboxylic acids is 1. The Kier molecular flexibility index (Phi) is 4.93. The summed E-state index contributed by atoms with van der Waals surface area (Å²) in [5.41, 5.74) is 0. The third-order valence-corrected chi connectivity index (χ3v) is 3.43. The molecule has 0 saturated carbocycles. The molecule has 0 aromatic carbocycles. The summed E-state index contributed by atoms with van der Waals surface area (Å²) in [6.07, 6.45) is 4.76. The summed E-state index contributed by atoms with van der Waals surface area (Å²) in [5, 5.41) is 9.21. The number of aliphatic carboxylic acids is 1. The minimum atomic E-state index is -0.870. The summed E-state index contributed by atoms with van der Waals surface area (Å²) < 4.78 is 0. The van der Waals surface area contributed by atoms with E-state index in [9.17, 15) is 14.7 Å². The van der Waals surface area contributed by atoms with Gasteiger partial charge in [-0.2, -0.15) is 0 Å². The predicted octanol–water partition coefficient (Wildman–Crippen LogP) is 2.30. The standard InChI is InChI=1S/C14H23NO3/c1-9(2)15(10(3)4)13(16)11-7-5-6-8-12(11)14(17)18/h5-6,9-12H,7-8H2,1-4H3,(H,17,18). The molecule has 0 bridgehead atoms. The lowest BCUT2D eigenvalue weighted by Gasteiger charge is -2.36. The lowest BCUT2D eigenvalue weighted by molar-refractivity contribution is -0.152. The van der Waals surface area contributed by atoms with Crippen molar-refractivity contribution in [1.29, 1.82) is 0 Å². The second kappa shape index (κ2) is 6.03. The highest BCUT2D eigenvalue weighted by Gasteiger charge is 2.37. The first-order valence-corrected chi connectivity index (χ1v) is 6.56. The van der Waals surface area contributed by atoms with Crippen LogP contribution in [0.3, 0.4) is 0 Å². The van der Waals surface area contributed by atoms with Crippen molar-refractivity contribution in [2.45, 2.75) is 52.6 Å². The third kappa shape index (κ3) is 3.12. The Labute approximate surface area is 109 Å². The fraction of sp³-hybridized carbons (Fsp3) is 0.714. The zero-order valence-electron chi connectivity index (χ0n) is 11.6. The van der Waals surface area contributed by atoms with E-state index in [1.165, 1.54) is 0 Å². The maximum Gasteiger partial charge on any atom is 0.307 e. The van der Waals surface area contributed by atoms with Crippen LogP contribution in [0.5, 0.6) is 0 Å². The minimum absolute atomic E-state index is 0.0308. The number of allylic oxidation sites excluding steroid dienone is 2. The summed E-state index contributed by atoms with van der Waals surface area (Å²) in [7, 11) is 0. The zero-order chi connectivity index (χ0) is 13.9. The van der Waals surface area contributed by atoms with Gasteiger partial charge >= 0.3 is 5.97 Å². The number of carboxylic acid groups (broad SMARTS) is 1. The molecule has 0 aromatic rings. The second-order valence-corrected chi connectivity index (χ2v) is 5.43. The van der Waals surface area contributed by atoms with Gasteiger partial charge < -0.3 is 10.0 Å². The molecule has 4 heteroatoms. The fourth-order valence-electron chi connectivity index (χ4n) is 2.66. The number of hydrogen-bond acceptors (Lipinski definition) is 2. The average Bonchev–Trinajstić information content (AvgIpc) is 2.27. The third-order valence-electron chi connectivity index (χ3n) is 3.43. The summed E-state index contributed by atoms with van der Waals surface area (Å²) in [6, 6.07) is 0.190. The average molecular weight is 253 g/mol. The zero-order valence-corrected chi connectivity index (χ0v) is 11.6. The van der Waals surface area contributed by atoms with E-state index in [2.05, 4.69) is 0 Å². The number of carbonyl (C=O) groups is 2. The van der Waals surface area contributed by atoms with Gasteiger partial charge in [0.2, 0.25) is 5.91 Å². The Morgan fingerprint density at radius 1 is 1.06 bits per heavy atom. The monoisotopic (exact) mass is 253 g/mol. The lowest BCUT2D eigenvalue weighted by Crippen LogP contribution is -2.48. The summed E-state index contributed by atoms with van der Waals surface area (Å²) in [6.45, 7) is 7.86. The van der Waals surface area contributed by atoms with Gasteiger partial charge in [-0.1, -0.05) is 12.2 Å².